The average Bonchev–Trinajstić information content (AvgIpc) is 2.43. The van der Waals surface area contributed by atoms with Gasteiger partial charge in [-0.1, -0.05) is 36.4 Å². The third kappa shape index (κ3) is 3.67. The van der Waals surface area contributed by atoms with Crippen LogP contribution in [0.1, 0.15) is 11.1 Å². The van der Waals surface area contributed by atoms with Crippen molar-refractivity contribution in [3.8, 4) is 0 Å². The van der Waals surface area contributed by atoms with Gasteiger partial charge in [0, 0.05) is 11.4 Å². The molecular formula is C16H20N2S. The molecule has 0 heterocycles. The first-order valence-electron chi connectivity index (χ1n) is 6.38. The molecule has 2 rings (SSSR count). The Kier molecular flexibility index (Phi) is 4.74. The van der Waals surface area contributed by atoms with Gasteiger partial charge in [-0.2, -0.15) is 0 Å². The van der Waals surface area contributed by atoms with E-state index in [0.29, 0.717) is 0 Å². The number of thioether (sulfide) groups is 1. The Labute approximate surface area is 119 Å². The second-order valence-corrected chi connectivity index (χ2v) is 5.48. The normalized spacial score (nSPS) is 11.9. The minimum Gasteiger partial charge on any atom is -0.357 e. The SMILES string of the molecule is CSC(Nc1ccccc1)Nc1c(C)cccc1C. The number of para-hydroxylation sites is 2. The lowest BCUT2D eigenvalue weighted by Gasteiger charge is -2.22. The van der Waals surface area contributed by atoms with Gasteiger partial charge in [0.05, 0.1) is 0 Å². The van der Waals surface area contributed by atoms with E-state index in [9.17, 15) is 0 Å². The smallest absolute Gasteiger partial charge is 0.145 e. The number of hydrogen-bond donors (Lipinski definition) is 2. The first-order chi connectivity index (χ1) is 9.20. The molecule has 100 valence electrons. The van der Waals surface area contributed by atoms with Gasteiger partial charge in [-0.3, -0.25) is 0 Å². The van der Waals surface area contributed by atoms with Crippen LogP contribution in [0.5, 0.6) is 0 Å². The predicted octanol–water partition coefficient (Wildman–Crippen LogP) is 4.47. The molecule has 0 fully saturated rings. The summed E-state index contributed by atoms with van der Waals surface area (Å²) in [6.07, 6.45) is 2.10. The van der Waals surface area contributed by atoms with E-state index in [0.717, 1.165) is 5.69 Å². The van der Waals surface area contributed by atoms with Crippen LogP contribution in [0.25, 0.3) is 0 Å². The van der Waals surface area contributed by atoms with Crippen LogP contribution in [0.15, 0.2) is 48.5 Å². The zero-order chi connectivity index (χ0) is 13.7. The first kappa shape index (κ1) is 13.8. The summed E-state index contributed by atoms with van der Waals surface area (Å²) in [7, 11) is 0. The molecule has 0 spiro atoms. The summed E-state index contributed by atoms with van der Waals surface area (Å²) >= 11 is 1.75. The van der Waals surface area contributed by atoms with Gasteiger partial charge < -0.3 is 10.6 Å². The van der Waals surface area contributed by atoms with Gasteiger partial charge in [0.25, 0.3) is 0 Å². The molecule has 2 nitrogen and oxygen atoms in total. The van der Waals surface area contributed by atoms with Crippen molar-refractivity contribution in [3.05, 3.63) is 59.7 Å². The molecule has 0 aliphatic carbocycles. The molecule has 1 atom stereocenters. The summed E-state index contributed by atoms with van der Waals surface area (Å²) in [5.41, 5.74) is 5.04. The molecule has 0 bridgehead atoms. The van der Waals surface area contributed by atoms with E-state index >= 15 is 0 Å². The van der Waals surface area contributed by atoms with E-state index in [1.807, 2.05) is 18.2 Å². The van der Waals surface area contributed by atoms with Crippen molar-refractivity contribution < 1.29 is 0 Å². The standard InChI is InChI=1S/C16H20N2S/c1-12-8-7-9-13(2)15(12)18-16(19-3)17-14-10-5-4-6-11-14/h4-11,16-18H,1-3H3. The number of aryl methyl sites for hydroxylation is 2. The Hall–Kier alpha value is -1.61. The number of benzene rings is 2. The first-order valence-corrected chi connectivity index (χ1v) is 7.66. The highest BCUT2D eigenvalue weighted by Crippen LogP contribution is 2.23. The highest BCUT2D eigenvalue weighted by molar-refractivity contribution is 7.99. The summed E-state index contributed by atoms with van der Waals surface area (Å²) in [6.45, 7) is 4.27. The fraction of sp³-hybridized carbons (Fsp3) is 0.250. The van der Waals surface area contributed by atoms with Gasteiger partial charge in [0.2, 0.25) is 0 Å². The predicted molar refractivity (Wildman–Crippen MR) is 86.9 cm³/mol. The fourth-order valence-corrected chi connectivity index (χ4v) is 2.50. The lowest BCUT2D eigenvalue weighted by molar-refractivity contribution is 1.12. The third-order valence-corrected chi connectivity index (χ3v) is 3.77. The summed E-state index contributed by atoms with van der Waals surface area (Å²) in [5.74, 6) is 0. The van der Waals surface area contributed by atoms with Crippen molar-refractivity contribution in [2.75, 3.05) is 16.9 Å². The molecule has 0 saturated heterocycles. The van der Waals surface area contributed by atoms with Crippen molar-refractivity contribution in [1.29, 1.82) is 0 Å². The van der Waals surface area contributed by atoms with Gasteiger partial charge >= 0.3 is 0 Å². The number of hydrogen-bond acceptors (Lipinski definition) is 3. The van der Waals surface area contributed by atoms with Crippen LogP contribution in [-0.4, -0.2) is 11.8 Å². The lowest BCUT2D eigenvalue weighted by Crippen LogP contribution is -2.25. The van der Waals surface area contributed by atoms with Crippen LogP contribution >= 0.6 is 11.8 Å². The molecular weight excluding hydrogens is 252 g/mol. The van der Waals surface area contributed by atoms with E-state index in [1.165, 1.54) is 16.8 Å². The highest BCUT2D eigenvalue weighted by atomic mass is 32.2. The second-order valence-electron chi connectivity index (χ2n) is 4.54. The fourth-order valence-electron chi connectivity index (χ4n) is 2.01. The molecule has 1 unspecified atom stereocenters. The summed E-state index contributed by atoms with van der Waals surface area (Å²) < 4.78 is 0. The summed E-state index contributed by atoms with van der Waals surface area (Å²) in [4.78, 5) is 0. The number of anilines is 2. The van der Waals surface area contributed by atoms with Crippen LogP contribution in [0.2, 0.25) is 0 Å². The van der Waals surface area contributed by atoms with Crippen LogP contribution in [0, 0.1) is 13.8 Å². The van der Waals surface area contributed by atoms with Crippen LogP contribution < -0.4 is 10.6 Å². The highest BCUT2D eigenvalue weighted by Gasteiger charge is 2.09. The Morgan fingerprint density at radius 3 is 2.05 bits per heavy atom. The van der Waals surface area contributed by atoms with Gasteiger partial charge in [-0.25, -0.2) is 0 Å². The molecule has 2 N–H and O–H groups in total. The molecule has 19 heavy (non-hydrogen) atoms. The molecule has 0 aliphatic heterocycles. The maximum Gasteiger partial charge on any atom is 0.145 e. The van der Waals surface area contributed by atoms with Gasteiger partial charge in [-0.15, -0.1) is 11.8 Å². The molecule has 3 heteroatoms. The third-order valence-electron chi connectivity index (χ3n) is 3.06. The van der Waals surface area contributed by atoms with Crippen molar-refractivity contribution in [2.24, 2.45) is 0 Å². The molecule has 0 aromatic heterocycles. The number of nitrogens with one attached hydrogen (secondary N) is 2. The van der Waals surface area contributed by atoms with Gasteiger partial charge in [0.1, 0.15) is 5.50 Å². The van der Waals surface area contributed by atoms with Crippen LogP contribution in [0.3, 0.4) is 0 Å². The second kappa shape index (κ2) is 6.53. The zero-order valence-corrected chi connectivity index (χ0v) is 12.4. The Morgan fingerprint density at radius 1 is 0.842 bits per heavy atom. The van der Waals surface area contributed by atoms with E-state index < -0.39 is 0 Å². The Balaban J connectivity index is 2.11. The summed E-state index contributed by atoms with van der Waals surface area (Å²) in [6, 6.07) is 16.6. The maximum absolute atomic E-state index is 3.57. The Bertz CT molecular complexity index is 505. The van der Waals surface area contributed by atoms with E-state index in [2.05, 4.69) is 61.1 Å². The minimum atomic E-state index is 0.155. The molecule has 0 radical (unpaired) electrons. The molecule has 0 amide bonds. The number of rotatable bonds is 5. The summed E-state index contributed by atoms with van der Waals surface area (Å²) in [5, 5.41) is 7.05. The van der Waals surface area contributed by atoms with Gasteiger partial charge in [0.15, 0.2) is 0 Å². The van der Waals surface area contributed by atoms with E-state index in [1.54, 1.807) is 11.8 Å². The van der Waals surface area contributed by atoms with Crippen molar-refractivity contribution in [2.45, 2.75) is 19.3 Å². The van der Waals surface area contributed by atoms with Crippen LogP contribution in [0.4, 0.5) is 11.4 Å². The van der Waals surface area contributed by atoms with E-state index in [-0.39, 0.29) is 5.50 Å². The average molecular weight is 272 g/mol. The molecule has 0 saturated carbocycles. The zero-order valence-electron chi connectivity index (χ0n) is 11.6. The largest absolute Gasteiger partial charge is 0.357 e. The van der Waals surface area contributed by atoms with E-state index in [4.69, 9.17) is 0 Å². The Morgan fingerprint density at radius 2 is 1.47 bits per heavy atom. The molecule has 2 aromatic carbocycles. The quantitative estimate of drug-likeness (QED) is 0.785. The lowest BCUT2D eigenvalue weighted by atomic mass is 10.1. The molecule has 2 aromatic rings. The van der Waals surface area contributed by atoms with Crippen molar-refractivity contribution in [3.63, 3.8) is 0 Å². The van der Waals surface area contributed by atoms with Crippen molar-refractivity contribution in [1.82, 2.24) is 0 Å². The topological polar surface area (TPSA) is 24.1 Å². The molecule has 0 aliphatic rings. The maximum atomic E-state index is 3.57. The van der Waals surface area contributed by atoms with Gasteiger partial charge in [-0.05, 0) is 43.4 Å². The van der Waals surface area contributed by atoms with Crippen LogP contribution in [-0.2, 0) is 0 Å². The minimum absolute atomic E-state index is 0.155. The monoisotopic (exact) mass is 272 g/mol. The van der Waals surface area contributed by atoms with Crippen molar-refractivity contribution >= 4 is 23.1 Å².